The smallest absolute Gasteiger partial charge is 0.338 e. The van der Waals surface area contributed by atoms with Gasteiger partial charge < -0.3 is 14.2 Å². The fourth-order valence-electron chi connectivity index (χ4n) is 5.65. The first-order chi connectivity index (χ1) is 22.3. The molecule has 9 heteroatoms. The van der Waals surface area contributed by atoms with Crippen molar-refractivity contribution >= 4 is 50.1 Å². The number of carbonyl (C=O) groups excluding carboxylic acids is 1. The summed E-state index contributed by atoms with van der Waals surface area (Å²) in [6.07, 6.45) is 1.82. The molecule has 4 aromatic carbocycles. The van der Waals surface area contributed by atoms with Gasteiger partial charge in [0.05, 0.1) is 39.5 Å². The highest BCUT2D eigenvalue weighted by atomic mass is 79.9. The van der Waals surface area contributed by atoms with E-state index >= 15 is 0 Å². The van der Waals surface area contributed by atoms with Crippen molar-refractivity contribution in [1.29, 1.82) is 0 Å². The third-order valence-electron chi connectivity index (χ3n) is 7.79. The van der Waals surface area contributed by atoms with E-state index in [1.807, 2.05) is 74.5 Å². The summed E-state index contributed by atoms with van der Waals surface area (Å²) < 4.78 is 20.5. The molecule has 0 N–H and O–H groups in total. The molecule has 0 saturated heterocycles. The molecule has 0 aliphatic carbocycles. The van der Waals surface area contributed by atoms with Crippen LogP contribution in [-0.2, 0) is 16.1 Å². The Hall–Kier alpha value is -4.47. The van der Waals surface area contributed by atoms with Crippen LogP contribution in [0.3, 0.4) is 0 Å². The Morgan fingerprint density at radius 3 is 2.50 bits per heavy atom. The van der Waals surface area contributed by atoms with Gasteiger partial charge in [0.15, 0.2) is 16.3 Å². The van der Waals surface area contributed by atoms with Crippen LogP contribution in [0.1, 0.15) is 49.1 Å². The molecule has 1 aromatic heterocycles. The number of nitrogens with zero attached hydrogens (tertiary/aromatic N) is 2. The number of benzene rings is 4. The standard InChI is InChI=1S/C37H33BrN2O5S/c1-5-43-30-19-24(18-29(38)34(30)45-21-27-12-9-11-25-10-7-8-13-28(25)27)20-31-35(41)40-33(26-16-14-22(3)15-17-26)32(36(42)44-6-2)23(4)39-37(40)46-31/h7-20,33H,5-6,21H2,1-4H3/b31-20-/t33-/m1/s1. The number of rotatable bonds is 9. The molecule has 0 unspecified atom stereocenters. The lowest BCUT2D eigenvalue weighted by Crippen LogP contribution is -2.39. The highest BCUT2D eigenvalue weighted by molar-refractivity contribution is 9.10. The average molecular weight is 698 g/mol. The van der Waals surface area contributed by atoms with Crippen molar-refractivity contribution in [3.8, 4) is 11.5 Å². The predicted octanol–water partition coefficient (Wildman–Crippen LogP) is 7.00. The molecule has 46 heavy (non-hydrogen) atoms. The van der Waals surface area contributed by atoms with Crippen molar-refractivity contribution in [3.63, 3.8) is 0 Å². The third-order valence-corrected chi connectivity index (χ3v) is 9.36. The molecule has 0 bridgehead atoms. The Kier molecular flexibility index (Phi) is 9.24. The number of aryl methyl sites for hydroxylation is 1. The molecule has 7 nitrogen and oxygen atoms in total. The summed E-state index contributed by atoms with van der Waals surface area (Å²) in [5.41, 5.74) is 4.36. The van der Waals surface area contributed by atoms with E-state index in [0.29, 0.717) is 49.8 Å². The molecule has 2 heterocycles. The summed E-state index contributed by atoms with van der Waals surface area (Å²) in [6, 6.07) is 25.3. The molecule has 0 fully saturated rings. The van der Waals surface area contributed by atoms with E-state index in [-0.39, 0.29) is 12.2 Å². The van der Waals surface area contributed by atoms with Crippen LogP contribution in [0.15, 0.2) is 104 Å². The highest BCUT2D eigenvalue weighted by Gasteiger charge is 2.33. The Morgan fingerprint density at radius 1 is 0.978 bits per heavy atom. The lowest BCUT2D eigenvalue weighted by atomic mass is 9.95. The van der Waals surface area contributed by atoms with Crippen LogP contribution >= 0.6 is 27.3 Å². The minimum Gasteiger partial charge on any atom is -0.490 e. The van der Waals surface area contributed by atoms with Gasteiger partial charge in [-0.1, -0.05) is 83.6 Å². The Balaban J connectivity index is 1.40. The van der Waals surface area contributed by atoms with E-state index in [2.05, 4.69) is 45.2 Å². The summed E-state index contributed by atoms with van der Waals surface area (Å²) in [5, 5.41) is 2.29. The first-order valence-electron chi connectivity index (χ1n) is 15.1. The summed E-state index contributed by atoms with van der Waals surface area (Å²) in [5.74, 6) is 0.671. The second-order valence-electron chi connectivity index (χ2n) is 10.9. The van der Waals surface area contributed by atoms with E-state index in [4.69, 9.17) is 14.2 Å². The normalized spacial score (nSPS) is 14.6. The van der Waals surface area contributed by atoms with Crippen LogP contribution < -0.4 is 24.4 Å². The molecule has 0 saturated carbocycles. The van der Waals surface area contributed by atoms with Crippen molar-refractivity contribution in [1.82, 2.24) is 4.57 Å². The number of ether oxygens (including phenoxy) is 3. The highest BCUT2D eigenvalue weighted by Crippen LogP contribution is 2.38. The second-order valence-corrected chi connectivity index (χ2v) is 12.8. The van der Waals surface area contributed by atoms with Crippen molar-refractivity contribution in [2.24, 2.45) is 4.99 Å². The van der Waals surface area contributed by atoms with E-state index in [1.165, 1.54) is 11.3 Å². The molecule has 234 valence electrons. The van der Waals surface area contributed by atoms with Crippen molar-refractivity contribution in [2.45, 2.75) is 40.3 Å². The van der Waals surface area contributed by atoms with Crippen LogP contribution in [0.25, 0.3) is 16.8 Å². The number of aromatic nitrogens is 1. The molecule has 1 aliphatic heterocycles. The maximum atomic E-state index is 14.1. The van der Waals surface area contributed by atoms with Crippen molar-refractivity contribution in [2.75, 3.05) is 13.2 Å². The van der Waals surface area contributed by atoms with Gasteiger partial charge in [0.1, 0.15) is 6.61 Å². The molecule has 1 aliphatic rings. The lowest BCUT2D eigenvalue weighted by molar-refractivity contribution is -0.139. The largest absolute Gasteiger partial charge is 0.490 e. The third kappa shape index (κ3) is 6.17. The van der Waals surface area contributed by atoms with Gasteiger partial charge in [-0.25, -0.2) is 9.79 Å². The molecule has 6 rings (SSSR count). The van der Waals surface area contributed by atoms with Crippen LogP contribution in [0.4, 0.5) is 0 Å². The van der Waals surface area contributed by atoms with Gasteiger partial charge in [0.25, 0.3) is 5.56 Å². The molecule has 1 atom stereocenters. The maximum absolute atomic E-state index is 14.1. The molecule has 0 amide bonds. The van der Waals surface area contributed by atoms with E-state index in [0.717, 1.165) is 33.0 Å². The monoisotopic (exact) mass is 696 g/mol. The SMILES string of the molecule is CCOC(=O)C1=C(C)N=c2s/c(=C\c3cc(Br)c(OCc4cccc5ccccc45)c(OCC)c3)c(=O)n2[C@@H]1c1ccc(C)cc1. The molecule has 0 radical (unpaired) electrons. The zero-order valence-electron chi connectivity index (χ0n) is 26.0. The fourth-order valence-corrected chi connectivity index (χ4v) is 7.27. The average Bonchev–Trinajstić information content (AvgIpc) is 3.34. The van der Waals surface area contributed by atoms with Gasteiger partial charge in [-0.2, -0.15) is 0 Å². The van der Waals surface area contributed by atoms with Crippen LogP contribution in [0, 0.1) is 6.92 Å². The van der Waals surface area contributed by atoms with Gasteiger partial charge >= 0.3 is 5.97 Å². The van der Waals surface area contributed by atoms with Gasteiger partial charge in [-0.15, -0.1) is 0 Å². The van der Waals surface area contributed by atoms with E-state index in [1.54, 1.807) is 18.4 Å². The number of fused-ring (bicyclic) bond motifs is 2. The molecule has 0 spiro atoms. The minimum absolute atomic E-state index is 0.222. The lowest BCUT2D eigenvalue weighted by Gasteiger charge is -2.24. The van der Waals surface area contributed by atoms with Gasteiger partial charge in [0, 0.05) is 0 Å². The molecular formula is C37H33BrN2O5S. The fraction of sp³-hybridized carbons (Fsp3) is 0.216. The first kappa shape index (κ1) is 31.5. The first-order valence-corrected chi connectivity index (χ1v) is 16.7. The van der Waals surface area contributed by atoms with Crippen LogP contribution in [0.2, 0.25) is 0 Å². The number of thiazole rings is 1. The van der Waals surface area contributed by atoms with E-state index in [9.17, 15) is 9.59 Å². The van der Waals surface area contributed by atoms with Gasteiger partial charge in [0.2, 0.25) is 0 Å². The number of halogens is 1. The summed E-state index contributed by atoms with van der Waals surface area (Å²) >= 11 is 4.97. The number of esters is 1. The number of carbonyl (C=O) groups is 1. The van der Waals surface area contributed by atoms with E-state index < -0.39 is 12.0 Å². The molecule has 5 aromatic rings. The van der Waals surface area contributed by atoms with Crippen LogP contribution in [0.5, 0.6) is 11.5 Å². The summed E-state index contributed by atoms with van der Waals surface area (Å²) in [4.78, 5) is 32.4. The Bertz CT molecular complexity index is 2160. The zero-order valence-corrected chi connectivity index (χ0v) is 28.4. The van der Waals surface area contributed by atoms with Crippen molar-refractivity contribution in [3.05, 3.63) is 137 Å². The second kappa shape index (κ2) is 13.5. The number of allylic oxidation sites excluding steroid dienone is 1. The topological polar surface area (TPSA) is 79.1 Å². The quantitative estimate of drug-likeness (QED) is 0.155. The summed E-state index contributed by atoms with van der Waals surface area (Å²) in [7, 11) is 0. The van der Waals surface area contributed by atoms with Crippen LogP contribution in [-0.4, -0.2) is 23.8 Å². The maximum Gasteiger partial charge on any atom is 0.338 e. The summed E-state index contributed by atoms with van der Waals surface area (Å²) in [6.45, 7) is 8.48. The van der Waals surface area contributed by atoms with Gasteiger partial charge in [-0.05, 0) is 89.3 Å². The Morgan fingerprint density at radius 2 is 1.74 bits per heavy atom. The zero-order chi connectivity index (χ0) is 32.4. The van der Waals surface area contributed by atoms with Gasteiger partial charge in [-0.3, -0.25) is 9.36 Å². The predicted molar refractivity (Wildman–Crippen MR) is 185 cm³/mol. The Labute approximate surface area is 279 Å². The number of hydrogen-bond donors (Lipinski definition) is 0. The minimum atomic E-state index is -0.659. The van der Waals surface area contributed by atoms with Crippen molar-refractivity contribution < 1.29 is 19.0 Å². The number of hydrogen-bond acceptors (Lipinski definition) is 7. The molecular weight excluding hydrogens is 664 g/mol.